The Balaban J connectivity index is 1.82. The van der Waals surface area contributed by atoms with E-state index in [-0.39, 0.29) is 5.91 Å². The van der Waals surface area contributed by atoms with Gasteiger partial charge in [0.2, 0.25) is 0 Å². The highest BCUT2D eigenvalue weighted by molar-refractivity contribution is 7.14. The number of carbonyl (C=O) groups is 1. The van der Waals surface area contributed by atoms with Gasteiger partial charge in [0.05, 0.1) is 10.7 Å². The van der Waals surface area contributed by atoms with E-state index >= 15 is 0 Å². The van der Waals surface area contributed by atoms with Crippen molar-refractivity contribution in [1.29, 1.82) is 0 Å². The average Bonchev–Trinajstić information content (AvgIpc) is 2.98. The normalized spacial score (nSPS) is 10.6. The van der Waals surface area contributed by atoms with Gasteiger partial charge in [-0.2, -0.15) is 0 Å². The van der Waals surface area contributed by atoms with Gasteiger partial charge in [-0.1, -0.05) is 40.9 Å². The van der Waals surface area contributed by atoms with Gasteiger partial charge in [0.15, 0.2) is 5.13 Å². The third-order valence-corrected chi connectivity index (χ3v) is 4.53. The van der Waals surface area contributed by atoms with Gasteiger partial charge in [0.1, 0.15) is 0 Å². The molecule has 1 N–H and O–H groups in total. The zero-order chi connectivity index (χ0) is 16.4. The molecule has 0 fully saturated rings. The average molecular weight is 363 g/mol. The minimum absolute atomic E-state index is 0.188. The first kappa shape index (κ1) is 16.0. The molecule has 1 amide bonds. The topological polar surface area (TPSA) is 42.0 Å². The van der Waals surface area contributed by atoms with Crippen molar-refractivity contribution in [2.45, 2.75) is 6.92 Å². The van der Waals surface area contributed by atoms with Crippen LogP contribution < -0.4 is 5.32 Å². The molecule has 6 heteroatoms. The van der Waals surface area contributed by atoms with Crippen LogP contribution in [0.25, 0.3) is 11.3 Å². The first-order valence-electron chi connectivity index (χ1n) is 6.82. The lowest BCUT2D eigenvalue weighted by atomic mass is 10.1. The molecule has 1 heterocycles. The van der Waals surface area contributed by atoms with Gasteiger partial charge in [0, 0.05) is 21.5 Å². The second kappa shape index (κ2) is 6.71. The summed E-state index contributed by atoms with van der Waals surface area (Å²) in [5, 5.41) is 6.31. The van der Waals surface area contributed by atoms with Crippen LogP contribution in [0.1, 0.15) is 15.9 Å². The second-order valence-corrected chi connectivity index (χ2v) is 6.69. The molecule has 23 heavy (non-hydrogen) atoms. The molecular weight excluding hydrogens is 351 g/mol. The molecule has 3 nitrogen and oxygen atoms in total. The number of benzene rings is 2. The van der Waals surface area contributed by atoms with Crippen LogP contribution in [0, 0.1) is 6.92 Å². The summed E-state index contributed by atoms with van der Waals surface area (Å²) in [4.78, 5) is 16.7. The van der Waals surface area contributed by atoms with Crippen molar-refractivity contribution in [3.8, 4) is 11.3 Å². The Hall–Kier alpha value is -1.88. The molecule has 0 saturated heterocycles. The van der Waals surface area contributed by atoms with E-state index < -0.39 is 0 Å². The number of anilines is 1. The number of halogens is 2. The molecule has 0 aliphatic heterocycles. The van der Waals surface area contributed by atoms with Crippen molar-refractivity contribution >= 4 is 45.6 Å². The largest absolute Gasteiger partial charge is 0.298 e. The van der Waals surface area contributed by atoms with Gasteiger partial charge in [-0.25, -0.2) is 4.98 Å². The number of amides is 1. The smallest absolute Gasteiger partial charge is 0.257 e. The standard InChI is InChI=1S/C17H12Cl2N2OS/c1-10-3-2-4-11(7-10)16(22)21-17-20-15(9-23-17)13-8-12(18)5-6-14(13)19/h2-9H,1H3,(H,20,21,22). The molecule has 3 rings (SSSR count). The van der Waals surface area contributed by atoms with Crippen molar-refractivity contribution < 1.29 is 4.79 Å². The third kappa shape index (κ3) is 3.72. The van der Waals surface area contributed by atoms with Crippen LogP contribution >= 0.6 is 34.5 Å². The summed E-state index contributed by atoms with van der Waals surface area (Å²) in [6, 6.07) is 12.6. The van der Waals surface area contributed by atoms with Crippen molar-refractivity contribution in [1.82, 2.24) is 4.98 Å². The highest BCUT2D eigenvalue weighted by atomic mass is 35.5. The van der Waals surface area contributed by atoms with Crippen molar-refractivity contribution in [2.24, 2.45) is 0 Å². The molecule has 1 aromatic heterocycles. The molecular formula is C17H12Cl2N2OS. The minimum Gasteiger partial charge on any atom is -0.298 e. The number of hydrogen-bond donors (Lipinski definition) is 1. The highest BCUT2D eigenvalue weighted by Crippen LogP contribution is 2.32. The summed E-state index contributed by atoms with van der Waals surface area (Å²) < 4.78 is 0. The number of carbonyl (C=O) groups excluding carboxylic acids is 1. The van der Waals surface area contributed by atoms with Crippen LogP contribution in [0.2, 0.25) is 10.0 Å². The van der Waals surface area contributed by atoms with E-state index in [4.69, 9.17) is 23.2 Å². The summed E-state index contributed by atoms with van der Waals surface area (Å²) in [6.07, 6.45) is 0. The number of rotatable bonds is 3. The van der Waals surface area contributed by atoms with E-state index in [0.29, 0.717) is 26.4 Å². The van der Waals surface area contributed by atoms with Crippen molar-refractivity contribution in [3.63, 3.8) is 0 Å². The maximum absolute atomic E-state index is 12.2. The molecule has 116 valence electrons. The molecule has 0 bridgehead atoms. The second-order valence-electron chi connectivity index (χ2n) is 4.99. The fourth-order valence-corrected chi connectivity index (χ4v) is 3.20. The SMILES string of the molecule is Cc1cccc(C(=O)Nc2nc(-c3cc(Cl)ccc3Cl)cs2)c1. The van der Waals surface area contributed by atoms with E-state index in [1.165, 1.54) is 11.3 Å². The predicted octanol–water partition coefficient (Wildman–Crippen LogP) is 5.68. The molecule has 0 aliphatic rings. The van der Waals surface area contributed by atoms with Gasteiger partial charge in [-0.05, 0) is 37.3 Å². The van der Waals surface area contributed by atoms with E-state index in [1.807, 2.05) is 30.5 Å². The van der Waals surface area contributed by atoms with E-state index in [1.54, 1.807) is 24.3 Å². The van der Waals surface area contributed by atoms with Crippen LogP contribution in [-0.4, -0.2) is 10.9 Å². The van der Waals surface area contributed by atoms with E-state index in [0.717, 1.165) is 11.1 Å². The fraction of sp³-hybridized carbons (Fsp3) is 0.0588. The summed E-state index contributed by atoms with van der Waals surface area (Å²) in [5.74, 6) is -0.188. The molecule has 0 atom stereocenters. The summed E-state index contributed by atoms with van der Waals surface area (Å²) >= 11 is 13.5. The molecule has 0 radical (unpaired) electrons. The van der Waals surface area contributed by atoms with Gasteiger partial charge in [0.25, 0.3) is 5.91 Å². The number of aryl methyl sites for hydroxylation is 1. The first-order chi connectivity index (χ1) is 11.0. The molecule has 0 unspecified atom stereocenters. The van der Waals surface area contributed by atoms with Gasteiger partial charge in [-0.15, -0.1) is 11.3 Å². The maximum atomic E-state index is 12.2. The number of nitrogens with one attached hydrogen (secondary N) is 1. The first-order valence-corrected chi connectivity index (χ1v) is 8.45. The molecule has 0 saturated carbocycles. The Morgan fingerprint density at radius 2 is 2.00 bits per heavy atom. The van der Waals surface area contributed by atoms with Crippen LogP contribution in [0.5, 0.6) is 0 Å². The molecule has 3 aromatic rings. The Kier molecular flexibility index (Phi) is 4.66. The zero-order valence-electron chi connectivity index (χ0n) is 12.1. The van der Waals surface area contributed by atoms with Gasteiger partial charge < -0.3 is 0 Å². The summed E-state index contributed by atoms with van der Waals surface area (Å²) in [6.45, 7) is 1.94. The maximum Gasteiger partial charge on any atom is 0.257 e. The molecule has 0 spiro atoms. The summed E-state index contributed by atoms with van der Waals surface area (Å²) in [7, 11) is 0. The number of hydrogen-bond acceptors (Lipinski definition) is 3. The number of nitrogens with zero attached hydrogens (tertiary/aromatic N) is 1. The Morgan fingerprint density at radius 1 is 1.17 bits per heavy atom. The van der Waals surface area contributed by atoms with Crippen LogP contribution in [0.4, 0.5) is 5.13 Å². The minimum atomic E-state index is -0.188. The van der Waals surface area contributed by atoms with Crippen LogP contribution in [0.3, 0.4) is 0 Å². The number of thiazole rings is 1. The van der Waals surface area contributed by atoms with Crippen LogP contribution in [0.15, 0.2) is 47.8 Å². The third-order valence-electron chi connectivity index (χ3n) is 3.21. The molecule has 0 aliphatic carbocycles. The fourth-order valence-electron chi connectivity index (χ4n) is 2.10. The lowest BCUT2D eigenvalue weighted by molar-refractivity contribution is 0.102. The monoisotopic (exact) mass is 362 g/mol. The van der Waals surface area contributed by atoms with E-state index in [2.05, 4.69) is 10.3 Å². The summed E-state index contributed by atoms with van der Waals surface area (Å²) in [5.41, 5.74) is 3.05. The number of aromatic nitrogens is 1. The van der Waals surface area contributed by atoms with Gasteiger partial charge >= 0.3 is 0 Å². The van der Waals surface area contributed by atoms with Crippen molar-refractivity contribution in [2.75, 3.05) is 5.32 Å². The Morgan fingerprint density at radius 3 is 2.78 bits per heavy atom. The highest BCUT2D eigenvalue weighted by Gasteiger charge is 2.12. The van der Waals surface area contributed by atoms with Crippen LogP contribution in [-0.2, 0) is 0 Å². The lowest BCUT2D eigenvalue weighted by Gasteiger charge is -2.03. The molecule has 2 aromatic carbocycles. The lowest BCUT2D eigenvalue weighted by Crippen LogP contribution is -2.11. The Labute approximate surface area is 147 Å². The zero-order valence-corrected chi connectivity index (χ0v) is 14.5. The Bertz CT molecular complexity index is 877. The van der Waals surface area contributed by atoms with Crippen molar-refractivity contribution in [3.05, 3.63) is 69.0 Å². The predicted molar refractivity (Wildman–Crippen MR) is 96.7 cm³/mol. The van der Waals surface area contributed by atoms with Gasteiger partial charge in [-0.3, -0.25) is 10.1 Å². The van der Waals surface area contributed by atoms with E-state index in [9.17, 15) is 4.79 Å². The quantitative estimate of drug-likeness (QED) is 0.651.